The van der Waals surface area contributed by atoms with Crippen molar-refractivity contribution in [1.82, 2.24) is 4.98 Å². The summed E-state index contributed by atoms with van der Waals surface area (Å²) in [6.45, 7) is 2.17. The van der Waals surface area contributed by atoms with Crippen LogP contribution in [0, 0.1) is 6.92 Å². The topological polar surface area (TPSA) is 68.3 Å². The Labute approximate surface area is 147 Å². The Balaban J connectivity index is 1.81. The van der Waals surface area contributed by atoms with E-state index in [-0.39, 0.29) is 10.7 Å². The second-order valence-electron chi connectivity index (χ2n) is 5.55. The summed E-state index contributed by atoms with van der Waals surface area (Å²) in [6.07, 6.45) is 1.52. The lowest BCUT2D eigenvalue weighted by Crippen LogP contribution is -2.15. The van der Waals surface area contributed by atoms with Crippen LogP contribution in [0.1, 0.15) is 11.1 Å². The van der Waals surface area contributed by atoms with E-state index in [2.05, 4.69) is 9.71 Å². The first-order valence-electron chi connectivity index (χ1n) is 7.76. The van der Waals surface area contributed by atoms with Gasteiger partial charge in [0.2, 0.25) is 0 Å². The Morgan fingerprint density at radius 3 is 2.56 bits per heavy atom. The number of nitrogens with one attached hydrogen (secondary N) is 1. The summed E-state index contributed by atoms with van der Waals surface area (Å²) >= 11 is 0. The standard InChI is InChI=1S/C19H18N2O3S/c1-15-7-5-10-17(13-15)25(22,23)21-19-18(11-6-12-20-19)24-14-16-8-3-2-4-9-16/h2-13H,14H2,1H3,(H,20,21). The van der Waals surface area contributed by atoms with E-state index in [1.165, 1.54) is 6.20 Å². The molecule has 1 N–H and O–H groups in total. The number of anilines is 1. The van der Waals surface area contributed by atoms with E-state index in [9.17, 15) is 8.42 Å². The van der Waals surface area contributed by atoms with Gasteiger partial charge in [0.15, 0.2) is 11.6 Å². The molecule has 25 heavy (non-hydrogen) atoms. The van der Waals surface area contributed by atoms with Gasteiger partial charge in [-0.25, -0.2) is 13.4 Å². The maximum absolute atomic E-state index is 12.6. The zero-order valence-electron chi connectivity index (χ0n) is 13.7. The molecule has 0 aliphatic carbocycles. The molecule has 1 aromatic heterocycles. The molecule has 1 heterocycles. The molecule has 0 aliphatic rings. The maximum Gasteiger partial charge on any atom is 0.263 e. The summed E-state index contributed by atoms with van der Waals surface area (Å²) in [5.41, 5.74) is 1.85. The summed E-state index contributed by atoms with van der Waals surface area (Å²) in [4.78, 5) is 4.30. The van der Waals surface area contributed by atoms with E-state index >= 15 is 0 Å². The van der Waals surface area contributed by atoms with Crippen LogP contribution >= 0.6 is 0 Å². The molecule has 6 heteroatoms. The predicted octanol–water partition coefficient (Wildman–Crippen LogP) is 3.77. The number of sulfonamides is 1. The summed E-state index contributed by atoms with van der Waals surface area (Å²) in [6, 6.07) is 19.7. The highest BCUT2D eigenvalue weighted by molar-refractivity contribution is 7.92. The Morgan fingerprint density at radius 2 is 1.80 bits per heavy atom. The minimum Gasteiger partial charge on any atom is -0.485 e. The molecule has 3 aromatic rings. The van der Waals surface area contributed by atoms with Gasteiger partial charge in [-0.2, -0.15) is 0 Å². The fraction of sp³-hybridized carbons (Fsp3) is 0.105. The average Bonchev–Trinajstić information content (AvgIpc) is 2.62. The van der Waals surface area contributed by atoms with E-state index in [0.717, 1.165) is 11.1 Å². The molecule has 0 amide bonds. The summed E-state index contributed by atoms with van der Waals surface area (Å²) in [5, 5.41) is 0. The number of aromatic nitrogens is 1. The smallest absolute Gasteiger partial charge is 0.263 e. The lowest BCUT2D eigenvalue weighted by molar-refractivity contribution is 0.307. The van der Waals surface area contributed by atoms with Crippen LogP contribution in [0.3, 0.4) is 0 Å². The van der Waals surface area contributed by atoms with Crippen LogP contribution in [0.2, 0.25) is 0 Å². The van der Waals surface area contributed by atoms with Crippen LogP contribution < -0.4 is 9.46 Å². The fourth-order valence-corrected chi connectivity index (χ4v) is 3.41. The average molecular weight is 354 g/mol. The van der Waals surface area contributed by atoms with Gasteiger partial charge in [0.1, 0.15) is 6.61 Å². The monoisotopic (exact) mass is 354 g/mol. The van der Waals surface area contributed by atoms with Gasteiger partial charge >= 0.3 is 0 Å². The minimum absolute atomic E-state index is 0.167. The first-order chi connectivity index (χ1) is 12.0. The van der Waals surface area contributed by atoms with E-state index < -0.39 is 10.0 Å². The molecule has 0 spiro atoms. The first-order valence-corrected chi connectivity index (χ1v) is 9.24. The van der Waals surface area contributed by atoms with Crippen molar-refractivity contribution in [3.05, 3.63) is 84.1 Å². The van der Waals surface area contributed by atoms with E-state index in [1.807, 2.05) is 43.3 Å². The van der Waals surface area contributed by atoms with Gasteiger partial charge < -0.3 is 4.74 Å². The first kappa shape index (κ1) is 17.0. The lowest BCUT2D eigenvalue weighted by Gasteiger charge is -2.13. The molecular formula is C19H18N2O3S. The van der Waals surface area contributed by atoms with Crippen LogP contribution in [-0.4, -0.2) is 13.4 Å². The minimum atomic E-state index is -3.73. The van der Waals surface area contributed by atoms with Crippen LogP contribution in [0.4, 0.5) is 5.82 Å². The number of ether oxygens (including phenoxy) is 1. The van der Waals surface area contributed by atoms with Crippen LogP contribution in [0.5, 0.6) is 5.75 Å². The highest BCUT2D eigenvalue weighted by atomic mass is 32.2. The number of benzene rings is 2. The second-order valence-corrected chi connectivity index (χ2v) is 7.23. The van der Waals surface area contributed by atoms with Gasteiger partial charge in [0, 0.05) is 6.20 Å². The molecule has 0 bridgehead atoms. The number of rotatable bonds is 6. The number of hydrogen-bond donors (Lipinski definition) is 1. The maximum atomic E-state index is 12.6. The molecular weight excluding hydrogens is 336 g/mol. The number of nitrogens with zero attached hydrogens (tertiary/aromatic N) is 1. The van der Waals surface area contributed by atoms with E-state index in [0.29, 0.717) is 12.4 Å². The number of aryl methyl sites for hydroxylation is 1. The Hall–Kier alpha value is -2.86. The molecule has 3 rings (SSSR count). The molecule has 0 fully saturated rings. The Morgan fingerprint density at radius 1 is 1.00 bits per heavy atom. The molecule has 0 saturated carbocycles. The van der Waals surface area contributed by atoms with Crippen molar-refractivity contribution in [1.29, 1.82) is 0 Å². The fourth-order valence-electron chi connectivity index (χ4n) is 2.29. The molecule has 0 radical (unpaired) electrons. The van der Waals surface area contributed by atoms with Gasteiger partial charge in [-0.15, -0.1) is 0 Å². The zero-order chi connectivity index (χ0) is 17.7. The molecule has 5 nitrogen and oxygen atoms in total. The molecule has 0 aliphatic heterocycles. The Kier molecular flexibility index (Phi) is 5.00. The molecule has 2 aromatic carbocycles. The van der Waals surface area contributed by atoms with Crippen molar-refractivity contribution in [2.45, 2.75) is 18.4 Å². The van der Waals surface area contributed by atoms with Gasteiger partial charge in [-0.05, 0) is 42.3 Å². The quantitative estimate of drug-likeness (QED) is 0.732. The lowest BCUT2D eigenvalue weighted by atomic mass is 10.2. The van der Waals surface area contributed by atoms with Crippen molar-refractivity contribution in [3.8, 4) is 5.75 Å². The van der Waals surface area contributed by atoms with Gasteiger partial charge in [0.05, 0.1) is 4.90 Å². The summed E-state index contributed by atoms with van der Waals surface area (Å²) < 4.78 is 33.4. The van der Waals surface area contributed by atoms with Crippen molar-refractivity contribution in [2.24, 2.45) is 0 Å². The van der Waals surface area contributed by atoms with Crippen LogP contribution in [0.25, 0.3) is 0 Å². The third-order valence-corrected chi connectivity index (χ3v) is 4.88. The SMILES string of the molecule is Cc1cccc(S(=O)(=O)Nc2ncccc2OCc2ccccc2)c1. The van der Waals surface area contributed by atoms with Crippen molar-refractivity contribution >= 4 is 15.8 Å². The predicted molar refractivity (Wildman–Crippen MR) is 97.0 cm³/mol. The van der Waals surface area contributed by atoms with Gasteiger partial charge in [-0.1, -0.05) is 42.5 Å². The van der Waals surface area contributed by atoms with E-state index in [4.69, 9.17) is 4.74 Å². The highest BCUT2D eigenvalue weighted by Crippen LogP contribution is 2.25. The number of pyridine rings is 1. The molecule has 0 saturated heterocycles. The van der Waals surface area contributed by atoms with Gasteiger partial charge in [0.25, 0.3) is 10.0 Å². The van der Waals surface area contributed by atoms with Crippen molar-refractivity contribution in [2.75, 3.05) is 4.72 Å². The molecule has 0 unspecified atom stereocenters. The van der Waals surface area contributed by atoms with Crippen molar-refractivity contribution < 1.29 is 13.2 Å². The third-order valence-electron chi connectivity index (χ3n) is 3.54. The van der Waals surface area contributed by atoms with Gasteiger partial charge in [-0.3, -0.25) is 4.72 Å². The van der Waals surface area contributed by atoms with Crippen LogP contribution in [-0.2, 0) is 16.6 Å². The largest absolute Gasteiger partial charge is 0.485 e. The summed E-state index contributed by atoms with van der Waals surface area (Å²) in [5.74, 6) is 0.544. The van der Waals surface area contributed by atoms with Crippen molar-refractivity contribution in [3.63, 3.8) is 0 Å². The zero-order valence-corrected chi connectivity index (χ0v) is 14.5. The summed E-state index contributed by atoms with van der Waals surface area (Å²) in [7, 11) is -3.73. The van der Waals surface area contributed by atoms with E-state index in [1.54, 1.807) is 30.3 Å². The molecule has 128 valence electrons. The van der Waals surface area contributed by atoms with Crippen LogP contribution in [0.15, 0.2) is 77.8 Å². The Bertz CT molecular complexity index is 957. The second kappa shape index (κ2) is 7.36. The highest BCUT2D eigenvalue weighted by Gasteiger charge is 2.17. The normalized spacial score (nSPS) is 11.1. The molecule has 0 atom stereocenters. The third kappa shape index (κ3) is 4.36. The number of hydrogen-bond acceptors (Lipinski definition) is 4.